The Morgan fingerprint density at radius 3 is 2.79 bits per heavy atom. The van der Waals surface area contributed by atoms with Gasteiger partial charge in [0, 0.05) is 18.7 Å². The van der Waals surface area contributed by atoms with Crippen LogP contribution in [0, 0.1) is 6.92 Å². The lowest BCUT2D eigenvalue weighted by molar-refractivity contribution is 0.730. The van der Waals surface area contributed by atoms with Gasteiger partial charge in [-0.15, -0.1) is 0 Å². The van der Waals surface area contributed by atoms with Crippen LogP contribution >= 0.6 is 0 Å². The standard InChI is InChI=1S/C13H17N/c1-11-6-2-3-7-12(11)10-13-8-4-5-9-14-13/h2-3,6-7H,4-5,8-10H2,1H3. The van der Waals surface area contributed by atoms with E-state index in [9.17, 15) is 0 Å². The van der Waals surface area contributed by atoms with Crippen molar-refractivity contribution < 1.29 is 0 Å². The van der Waals surface area contributed by atoms with Gasteiger partial charge in [0.1, 0.15) is 0 Å². The van der Waals surface area contributed by atoms with Gasteiger partial charge in [0.05, 0.1) is 0 Å². The lowest BCUT2D eigenvalue weighted by Gasteiger charge is -2.12. The first-order valence-corrected chi connectivity index (χ1v) is 5.43. The molecule has 2 rings (SSSR count). The first-order chi connectivity index (χ1) is 6.86. The maximum atomic E-state index is 4.58. The van der Waals surface area contributed by atoms with Gasteiger partial charge < -0.3 is 0 Å². The van der Waals surface area contributed by atoms with Crippen LogP contribution in [-0.2, 0) is 6.42 Å². The van der Waals surface area contributed by atoms with Gasteiger partial charge in [-0.3, -0.25) is 4.99 Å². The molecule has 0 radical (unpaired) electrons. The number of nitrogens with zero attached hydrogens (tertiary/aromatic N) is 1. The zero-order valence-electron chi connectivity index (χ0n) is 8.79. The smallest absolute Gasteiger partial charge is 0.0388 e. The number of benzene rings is 1. The van der Waals surface area contributed by atoms with Crippen LogP contribution in [-0.4, -0.2) is 12.3 Å². The van der Waals surface area contributed by atoms with Crippen molar-refractivity contribution in [1.82, 2.24) is 0 Å². The fraction of sp³-hybridized carbons (Fsp3) is 0.462. The summed E-state index contributed by atoms with van der Waals surface area (Å²) < 4.78 is 0. The third-order valence-electron chi connectivity index (χ3n) is 2.86. The van der Waals surface area contributed by atoms with Crippen molar-refractivity contribution in [2.75, 3.05) is 6.54 Å². The van der Waals surface area contributed by atoms with Gasteiger partial charge in [0.25, 0.3) is 0 Å². The number of aryl methyl sites for hydroxylation is 1. The molecule has 0 N–H and O–H groups in total. The zero-order chi connectivity index (χ0) is 9.80. The average molecular weight is 187 g/mol. The third-order valence-corrected chi connectivity index (χ3v) is 2.86. The molecule has 0 fully saturated rings. The predicted octanol–water partition coefficient (Wildman–Crippen LogP) is 3.16. The maximum absolute atomic E-state index is 4.58. The Hall–Kier alpha value is -1.11. The minimum absolute atomic E-state index is 1.04. The molecule has 0 saturated carbocycles. The van der Waals surface area contributed by atoms with Crippen LogP contribution in [0.5, 0.6) is 0 Å². The van der Waals surface area contributed by atoms with Crippen LogP contribution in [0.25, 0.3) is 0 Å². The van der Waals surface area contributed by atoms with E-state index < -0.39 is 0 Å². The van der Waals surface area contributed by atoms with Crippen molar-refractivity contribution in [1.29, 1.82) is 0 Å². The molecule has 0 spiro atoms. The zero-order valence-corrected chi connectivity index (χ0v) is 8.79. The Morgan fingerprint density at radius 1 is 1.21 bits per heavy atom. The van der Waals surface area contributed by atoms with E-state index in [0.29, 0.717) is 0 Å². The Kier molecular flexibility index (Phi) is 2.97. The number of rotatable bonds is 2. The summed E-state index contributed by atoms with van der Waals surface area (Å²) in [6.07, 6.45) is 4.86. The number of hydrogen-bond acceptors (Lipinski definition) is 1. The summed E-state index contributed by atoms with van der Waals surface area (Å²) in [5.41, 5.74) is 4.22. The Morgan fingerprint density at radius 2 is 2.07 bits per heavy atom. The van der Waals surface area contributed by atoms with Crippen LogP contribution < -0.4 is 0 Å². The summed E-state index contributed by atoms with van der Waals surface area (Å²) in [5, 5.41) is 0. The molecule has 1 aromatic carbocycles. The molecule has 1 aliphatic rings. The van der Waals surface area contributed by atoms with Crippen LogP contribution in [0.1, 0.15) is 30.4 Å². The Balaban J connectivity index is 2.10. The SMILES string of the molecule is Cc1ccccc1CC1=NCCCC1. The average Bonchev–Trinajstić information content (AvgIpc) is 2.23. The van der Waals surface area contributed by atoms with Gasteiger partial charge in [0.2, 0.25) is 0 Å². The van der Waals surface area contributed by atoms with Crippen molar-refractivity contribution in [3.8, 4) is 0 Å². The van der Waals surface area contributed by atoms with E-state index in [0.717, 1.165) is 13.0 Å². The van der Waals surface area contributed by atoms with Gasteiger partial charge in [-0.1, -0.05) is 24.3 Å². The van der Waals surface area contributed by atoms with Crippen molar-refractivity contribution >= 4 is 5.71 Å². The molecular formula is C13H17N. The first-order valence-electron chi connectivity index (χ1n) is 5.43. The van der Waals surface area contributed by atoms with E-state index in [-0.39, 0.29) is 0 Å². The summed E-state index contributed by atoms with van der Waals surface area (Å²) >= 11 is 0. The quantitative estimate of drug-likeness (QED) is 0.674. The van der Waals surface area contributed by atoms with Gasteiger partial charge in [0.15, 0.2) is 0 Å². The van der Waals surface area contributed by atoms with Gasteiger partial charge >= 0.3 is 0 Å². The molecule has 74 valence electrons. The van der Waals surface area contributed by atoms with Crippen molar-refractivity contribution in [3.05, 3.63) is 35.4 Å². The second-order valence-electron chi connectivity index (χ2n) is 4.01. The molecule has 0 atom stereocenters. The monoisotopic (exact) mass is 187 g/mol. The minimum atomic E-state index is 1.04. The molecule has 0 aromatic heterocycles. The van der Waals surface area contributed by atoms with Crippen molar-refractivity contribution in [2.24, 2.45) is 4.99 Å². The highest BCUT2D eigenvalue weighted by molar-refractivity contribution is 5.87. The van der Waals surface area contributed by atoms with E-state index in [1.807, 2.05) is 0 Å². The highest BCUT2D eigenvalue weighted by Gasteiger charge is 2.06. The molecule has 1 aliphatic heterocycles. The van der Waals surface area contributed by atoms with Gasteiger partial charge in [-0.2, -0.15) is 0 Å². The highest BCUT2D eigenvalue weighted by atomic mass is 14.7. The lowest BCUT2D eigenvalue weighted by Crippen LogP contribution is -2.09. The van der Waals surface area contributed by atoms with E-state index >= 15 is 0 Å². The van der Waals surface area contributed by atoms with E-state index in [2.05, 4.69) is 36.2 Å². The lowest BCUT2D eigenvalue weighted by atomic mass is 9.99. The molecule has 0 bridgehead atoms. The molecule has 1 heteroatoms. The van der Waals surface area contributed by atoms with Crippen LogP contribution in [0.15, 0.2) is 29.3 Å². The van der Waals surface area contributed by atoms with E-state index in [1.54, 1.807) is 0 Å². The maximum Gasteiger partial charge on any atom is 0.0388 e. The van der Waals surface area contributed by atoms with E-state index in [4.69, 9.17) is 0 Å². The second kappa shape index (κ2) is 4.41. The molecule has 0 unspecified atom stereocenters. The molecule has 1 nitrogen and oxygen atoms in total. The summed E-state index contributed by atoms with van der Waals surface area (Å²) in [5.74, 6) is 0. The molecule has 1 heterocycles. The fourth-order valence-corrected chi connectivity index (χ4v) is 1.93. The third kappa shape index (κ3) is 2.22. The van der Waals surface area contributed by atoms with Crippen molar-refractivity contribution in [3.63, 3.8) is 0 Å². The summed E-state index contributed by atoms with van der Waals surface area (Å²) in [7, 11) is 0. The molecular weight excluding hydrogens is 170 g/mol. The fourth-order valence-electron chi connectivity index (χ4n) is 1.93. The molecule has 1 aromatic rings. The summed E-state index contributed by atoms with van der Waals surface area (Å²) in [4.78, 5) is 4.58. The Bertz CT molecular complexity index is 339. The van der Waals surface area contributed by atoms with Gasteiger partial charge in [-0.05, 0) is 37.3 Å². The Labute approximate surface area is 85.9 Å². The minimum Gasteiger partial charge on any atom is -0.294 e. The predicted molar refractivity (Wildman–Crippen MR) is 61.0 cm³/mol. The van der Waals surface area contributed by atoms with Gasteiger partial charge in [-0.25, -0.2) is 0 Å². The highest BCUT2D eigenvalue weighted by Crippen LogP contribution is 2.13. The summed E-state index contributed by atoms with van der Waals surface area (Å²) in [6, 6.07) is 8.61. The number of aliphatic imine (C=N–C) groups is 1. The van der Waals surface area contributed by atoms with Crippen molar-refractivity contribution in [2.45, 2.75) is 32.6 Å². The molecule has 0 aliphatic carbocycles. The normalized spacial score (nSPS) is 16.5. The van der Waals surface area contributed by atoms with Crippen LogP contribution in [0.4, 0.5) is 0 Å². The molecule has 0 saturated heterocycles. The van der Waals surface area contributed by atoms with Crippen LogP contribution in [0.3, 0.4) is 0 Å². The largest absolute Gasteiger partial charge is 0.294 e. The topological polar surface area (TPSA) is 12.4 Å². The molecule has 0 amide bonds. The second-order valence-corrected chi connectivity index (χ2v) is 4.01. The number of hydrogen-bond donors (Lipinski definition) is 0. The van der Waals surface area contributed by atoms with Crippen LogP contribution in [0.2, 0.25) is 0 Å². The summed E-state index contributed by atoms with van der Waals surface area (Å²) in [6.45, 7) is 3.22. The molecule has 14 heavy (non-hydrogen) atoms. The first kappa shape index (κ1) is 9.45. The van der Waals surface area contributed by atoms with E-state index in [1.165, 1.54) is 36.1 Å².